The van der Waals surface area contributed by atoms with E-state index < -0.39 is 0 Å². The second kappa shape index (κ2) is 7.65. The van der Waals surface area contributed by atoms with Gasteiger partial charge in [0.2, 0.25) is 0 Å². The van der Waals surface area contributed by atoms with Crippen LogP contribution in [0.4, 0.5) is 0 Å². The summed E-state index contributed by atoms with van der Waals surface area (Å²) in [4.78, 5) is 5.65. The number of ether oxygens (including phenoxy) is 2. The quantitative estimate of drug-likeness (QED) is 0.781. The molecule has 110 valence electrons. The van der Waals surface area contributed by atoms with E-state index in [1.807, 2.05) is 24.3 Å². The van der Waals surface area contributed by atoms with Gasteiger partial charge in [-0.15, -0.1) is 11.3 Å². The molecule has 0 aliphatic heterocycles. The van der Waals surface area contributed by atoms with Crippen molar-refractivity contribution in [2.75, 3.05) is 7.11 Å². The Kier molecular flexibility index (Phi) is 5.59. The van der Waals surface area contributed by atoms with E-state index in [1.54, 1.807) is 18.4 Å². The van der Waals surface area contributed by atoms with Gasteiger partial charge in [0.25, 0.3) is 0 Å². The van der Waals surface area contributed by atoms with Crippen molar-refractivity contribution < 1.29 is 9.47 Å². The second-order valence-electron chi connectivity index (χ2n) is 4.53. The number of nitriles is 1. The Morgan fingerprint density at radius 1 is 1.24 bits per heavy atom. The lowest BCUT2D eigenvalue weighted by molar-refractivity contribution is 0.304. The molecule has 1 heterocycles. The van der Waals surface area contributed by atoms with E-state index >= 15 is 0 Å². The maximum absolute atomic E-state index is 8.86. The van der Waals surface area contributed by atoms with Crippen LogP contribution in [0.3, 0.4) is 0 Å². The highest BCUT2D eigenvalue weighted by Crippen LogP contribution is 2.23. The fraction of sp³-hybridized carbons (Fsp3) is 0.375. The standard InChI is InChI=1S/C16H18N2O2S/c1-3-4-14-15(9-10-17)21-16(18-14)11-20-13-7-5-12(19-2)6-8-13/h5-8H,3-4,9,11H2,1-2H3. The molecule has 0 bridgehead atoms. The number of methoxy groups -OCH3 is 1. The van der Waals surface area contributed by atoms with Crippen molar-refractivity contribution >= 4 is 11.3 Å². The van der Waals surface area contributed by atoms with Crippen molar-refractivity contribution in [3.8, 4) is 17.6 Å². The van der Waals surface area contributed by atoms with E-state index in [0.717, 1.165) is 39.9 Å². The summed E-state index contributed by atoms with van der Waals surface area (Å²) in [6.07, 6.45) is 2.37. The third-order valence-corrected chi connectivity index (χ3v) is 4.04. The molecular weight excluding hydrogens is 284 g/mol. The van der Waals surface area contributed by atoms with Crippen LogP contribution in [0.1, 0.15) is 28.9 Å². The zero-order chi connectivity index (χ0) is 15.1. The summed E-state index contributed by atoms with van der Waals surface area (Å²) in [7, 11) is 1.64. The average molecular weight is 302 g/mol. The Hall–Kier alpha value is -2.06. The van der Waals surface area contributed by atoms with E-state index in [-0.39, 0.29) is 0 Å². The van der Waals surface area contributed by atoms with Gasteiger partial charge in [-0.25, -0.2) is 4.98 Å². The minimum Gasteiger partial charge on any atom is -0.497 e. The Morgan fingerprint density at radius 2 is 1.95 bits per heavy atom. The molecule has 0 aliphatic carbocycles. The average Bonchev–Trinajstić information content (AvgIpc) is 2.89. The van der Waals surface area contributed by atoms with Crippen LogP contribution in [0.2, 0.25) is 0 Å². The lowest BCUT2D eigenvalue weighted by Gasteiger charge is -2.04. The summed E-state index contributed by atoms with van der Waals surface area (Å²) in [6.45, 7) is 2.54. The summed E-state index contributed by atoms with van der Waals surface area (Å²) >= 11 is 1.57. The third kappa shape index (κ3) is 4.20. The first kappa shape index (κ1) is 15.3. The smallest absolute Gasteiger partial charge is 0.140 e. The number of aryl methyl sites for hydroxylation is 1. The molecule has 0 spiro atoms. The van der Waals surface area contributed by atoms with Gasteiger partial charge < -0.3 is 9.47 Å². The van der Waals surface area contributed by atoms with E-state index in [4.69, 9.17) is 14.7 Å². The Balaban J connectivity index is 2.01. The predicted molar refractivity (Wildman–Crippen MR) is 82.8 cm³/mol. The SMILES string of the molecule is CCCc1nc(COc2ccc(OC)cc2)sc1CC#N. The van der Waals surface area contributed by atoms with Crippen molar-refractivity contribution in [1.29, 1.82) is 5.26 Å². The van der Waals surface area contributed by atoms with Crippen LogP contribution in [-0.4, -0.2) is 12.1 Å². The second-order valence-corrected chi connectivity index (χ2v) is 5.69. The van der Waals surface area contributed by atoms with Gasteiger partial charge in [-0.1, -0.05) is 13.3 Å². The first-order valence-corrected chi connectivity index (χ1v) is 7.69. The summed E-state index contributed by atoms with van der Waals surface area (Å²) in [5.41, 5.74) is 1.04. The van der Waals surface area contributed by atoms with Gasteiger partial charge >= 0.3 is 0 Å². The molecule has 0 saturated carbocycles. The summed E-state index contributed by atoms with van der Waals surface area (Å²) in [5, 5.41) is 9.78. The molecule has 21 heavy (non-hydrogen) atoms. The molecule has 0 amide bonds. The molecule has 2 aromatic rings. The molecule has 0 fully saturated rings. The number of hydrogen-bond donors (Lipinski definition) is 0. The van der Waals surface area contributed by atoms with Crippen molar-refractivity contribution in [3.63, 3.8) is 0 Å². The maximum atomic E-state index is 8.86. The molecular formula is C16H18N2O2S. The monoisotopic (exact) mass is 302 g/mol. The number of aromatic nitrogens is 1. The number of benzene rings is 1. The number of nitrogens with zero attached hydrogens (tertiary/aromatic N) is 2. The summed E-state index contributed by atoms with van der Waals surface area (Å²) in [6, 6.07) is 9.66. The highest BCUT2D eigenvalue weighted by atomic mass is 32.1. The van der Waals surface area contributed by atoms with E-state index in [9.17, 15) is 0 Å². The topological polar surface area (TPSA) is 55.1 Å². The van der Waals surface area contributed by atoms with Crippen molar-refractivity contribution in [2.45, 2.75) is 32.8 Å². The van der Waals surface area contributed by atoms with Crippen LogP contribution in [0.15, 0.2) is 24.3 Å². The molecule has 4 nitrogen and oxygen atoms in total. The molecule has 2 rings (SSSR count). The van der Waals surface area contributed by atoms with Crippen LogP contribution in [-0.2, 0) is 19.4 Å². The van der Waals surface area contributed by atoms with Crippen LogP contribution < -0.4 is 9.47 Å². The molecule has 0 radical (unpaired) electrons. The normalized spacial score (nSPS) is 10.1. The van der Waals surface area contributed by atoms with Crippen LogP contribution in [0, 0.1) is 11.3 Å². The molecule has 5 heteroatoms. The largest absolute Gasteiger partial charge is 0.497 e. The summed E-state index contributed by atoms with van der Waals surface area (Å²) < 4.78 is 10.8. The number of thiazole rings is 1. The lowest BCUT2D eigenvalue weighted by Crippen LogP contribution is -1.96. The van der Waals surface area contributed by atoms with E-state index in [1.165, 1.54) is 0 Å². The first-order valence-electron chi connectivity index (χ1n) is 6.88. The molecule has 0 N–H and O–H groups in total. The number of hydrogen-bond acceptors (Lipinski definition) is 5. The zero-order valence-corrected chi connectivity index (χ0v) is 13.1. The van der Waals surface area contributed by atoms with Crippen LogP contribution in [0.25, 0.3) is 0 Å². The molecule has 0 atom stereocenters. The molecule has 0 aliphatic rings. The van der Waals surface area contributed by atoms with Gasteiger partial charge in [0.1, 0.15) is 23.1 Å². The van der Waals surface area contributed by atoms with Gasteiger partial charge in [-0.05, 0) is 30.7 Å². The van der Waals surface area contributed by atoms with Crippen LogP contribution >= 0.6 is 11.3 Å². The van der Waals surface area contributed by atoms with E-state index in [0.29, 0.717) is 13.0 Å². The fourth-order valence-electron chi connectivity index (χ4n) is 1.96. The van der Waals surface area contributed by atoms with Gasteiger partial charge in [-0.2, -0.15) is 5.26 Å². The van der Waals surface area contributed by atoms with Crippen molar-refractivity contribution in [1.82, 2.24) is 4.98 Å². The van der Waals surface area contributed by atoms with Gasteiger partial charge in [0.05, 0.1) is 25.3 Å². The molecule has 0 saturated heterocycles. The minimum atomic E-state index is 0.426. The van der Waals surface area contributed by atoms with Gasteiger partial charge in [0.15, 0.2) is 0 Å². The lowest BCUT2D eigenvalue weighted by atomic mass is 10.2. The zero-order valence-electron chi connectivity index (χ0n) is 12.3. The minimum absolute atomic E-state index is 0.426. The summed E-state index contributed by atoms with van der Waals surface area (Å²) in [5.74, 6) is 1.59. The van der Waals surface area contributed by atoms with Crippen molar-refractivity contribution in [2.24, 2.45) is 0 Å². The van der Waals surface area contributed by atoms with Gasteiger partial charge in [-0.3, -0.25) is 0 Å². The van der Waals surface area contributed by atoms with Crippen molar-refractivity contribution in [3.05, 3.63) is 39.8 Å². The molecule has 0 unspecified atom stereocenters. The highest BCUT2D eigenvalue weighted by molar-refractivity contribution is 7.11. The Labute approximate surface area is 129 Å². The number of rotatable bonds is 7. The molecule has 1 aromatic heterocycles. The third-order valence-electron chi connectivity index (χ3n) is 2.97. The maximum Gasteiger partial charge on any atom is 0.140 e. The highest BCUT2D eigenvalue weighted by Gasteiger charge is 2.10. The Morgan fingerprint density at radius 3 is 2.57 bits per heavy atom. The fourth-order valence-corrected chi connectivity index (χ4v) is 2.92. The predicted octanol–water partition coefficient (Wildman–Crippen LogP) is 3.75. The van der Waals surface area contributed by atoms with Crippen LogP contribution in [0.5, 0.6) is 11.5 Å². The first-order chi connectivity index (χ1) is 10.3. The van der Waals surface area contributed by atoms with E-state index in [2.05, 4.69) is 18.0 Å². The van der Waals surface area contributed by atoms with Gasteiger partial charge in [0, 0.05) is 4.88 Å². The molecule has 1 aromatic carbocycles. The Bertz CT molecular complexity index is 614.